The molecule has 0 bridgehead atoms. The fourth-order valence-electron chi connectivity index (χ4n) is 2.52. The minimum atomic E-state index is -4.30. The summed E-state index contributed by atoms with van der Waals surface area (Å²) in [5, 5.41) is 0. The zero-order valence-corrected chi connectivity index (χ0v) is 12.8. The molecule has 0 atom stereocenters. The molecule has 112 valence electrons. The summed E-state index contributed by atoms with van der Waals surface area (Å²) in [6.07, 6.45) is -4.32. The molecule has 1 fully saturated rings. The summed E-state index contributed by atoms with van der Waals surface area (Å²) >= 11 is 3.36. The van der Waals surface area contributed by atoms with E-state index >= 15 is 0 Å². The summed E-state index contributed by atoms with van der Waals surface area (Å²) in [5.74, 6) is 0. The van der Waals surface area contributed by atoms with Gasteiger partial charge in [0.15, 0.2) is 5.60 Å². The van der Waals surface area contributed by atoms with Gasteiger partial charge in [-0.05, 0) is 30.5 Å². The minimum Gasteiger partial charge on any atom is -0.369 e. The van der Waals surface area contributed by atoms with Gasteiger partial charge in [-0.1, -0.05) is 28.1 Å². The van der Waals surface area contributed by atoms with Crippen molar-refractivity contribution in [2.75, 3.05) is 20.2 Å². The lowest BCUT2D eigenvalue weighted by Gasteiger charge is -2.41. The molecular weight excluding hydrogens is 335 g/mol. The Labute approximate surface area is 125 Å². The molecule has 0 spiro atoms. The van der Waals surface area contributed by atoms with Crippen LogP contribution in [0.2, 0.25) is 0 Å². The van der Waals surface area contributed by atoms with Crippen LogP contribution in [-0.4, -0.2) is 36.9 Å². The predicted molar refractivity (Wildman–Crippen MR) is 74.4 cm³/mol. The molecule has 1 aliphatic rings. The second-order valence-corrected chi connectivity index (χ2v) is 6.01. The molecule has 6 heteroatoms. The van der Waals surface area contributed by atoms with Crippen LogP contribution in [0.1, 0.15) is 18.4 Å². The van der Waals surface area contributed by atoms with Crippen molar-refractivity contribution >= 4 is 15.9 Å². The number of halogens is 4. The van der Waals surface area contributed by atoms with Gasteiger partial charge in [0.2, 0.25) is 0 Å². The number of rotatable bonds is 3. The van der Waals surface area contributed by atoms with Crippen LogP contribution in [0.25, 0.3) is 0 Å². The van der Waals surface area contributed by atoms with Gasteiger partial charge in [0.25, 0.3) is 0 Å². The summed E-state index contributed by atoms with van der Waals surface area (Å²) in [5.41, 5.74) is -0.867. The van der Waals surface area contributed by atoms with Crippen molar-refractivity contribution in [3.8, 4) is 0 Å². The quantitative estimate of drug-likeness (QED) is 0.816. The molecule has 0 N–H and O–H groups in total. The zero-order chi connectivity index (χ0) is 14.8. The number of nitrogens with zero attached hydrogens (tertiary/aromatic N) is 1. The number of hydrogen-bond acceptors (Lipinski definition) is 2. The number of benzene rings is 1. The van der Waals surface area contributed by atoms with Gasteiger partial charge in [-0.15, -0.1) is 0 Å². The smallest absolute Gasteiger partial charge is 0.369 e. The van der Waals surface area contributed by atoms with Crippen LogP contribution in [0, 0.1) is 0 Å². The molecule has 2 rings (SSSR count). The molecular formula is C14H17BrF3NO. The fourth-order valence-corrected chi connectivity index (χ4v) is 2.79. The van der Waals surface area contributed by atoms with E-state index in [4.69, 9.17) is 4.74 Å². The lowest BCUT2D eigenvalue weighted by Crippen LogP contribution is -2.54. The largest absolute Gasteiger partial charge is 0.417 e. The first-order valence-electron chi connectivity index (χ1n) is 6.45. The molecule has 0 saturated carbocycles. The molecule has 0 radical (unpaired) electrons. The molecule has 1 aromatic carbocycles. The van der Waals surface area contributed by atoms with Gasteiger partial charge in [0, 0.05) is 31.2 Å². The maximum absolute atomic E-state index is 13.0. The van der Waals surface area contributed by atoms with E-state index in [1.165, 1.54) is 0 Å². The Morgan fingerprint density at radius 3 is 2.20 bits per heavy atom. The van der Waals surface area contributed by atoms with Gasteiger partial charge >= 0.3 is 6.18 Å². The van der Waals surface area contributed by atoms with Gasteiger partial charge in [-0.2, -0.15) is 13.2 Å². The van der Waals surface area contributed by atoms with Crippen molar-refractivity contribution in [1.82, 2.24) is 4.90 Å². The van der Waals surface area contributed by atoms with E-state index in [2.05, 4.69) is 15.9 Å². The Morgan fingerprint density at radius 1 is 1.20 bits per heavy atom. The van der Waals surface area contributed by atoms with E-state index in [0.717, 1.165) is 17.1 Å². The van der Waals surface area contributed by atoms with E-state index in [1.54, 1.807) is 0 Å². The SMILES string of the molecule is COC1(C(F)(F)F)CCN(Cc2ccc(Br)cc2)CC1. The average molecular weight is 352 g/mol. The van der Waals surface area contributed by atoms with E-state index in [1.807, 2.05) is 29.2 Å². The van der Waals surface area contributed by atoms with Gasteiger partial charge in [0.05, 0.1) is 0 Å². The zero-order valence-electron chi connectivity index (χ0n) is 11.2. The second kappa shape index (κ2) is 6.03. The molecule has 20 heavy (non-hydrogen) atoms. The van der Waals surface area contributed by atoms with Gasteiger partial charge in [-0.3, -0.25) is 4.90 Å². The minimum absolute atomic E-state index is 0.0104. The first-order chi connectivity index (χ1) is 9.36. The van der Waals surface area contributed by atoms with E-state index < -0.39 is 11.8 Å². The lowest BCUT2D eigenvalue weighted by atomic mass is 9.90. The second-order valence-electron chi connectivity index (χ2n) is 5.10. The standard InChI is InChI=1S/C14H17BrF3NO/c1-20-13(14(16,17)18)6-8-19(9-7-13)10-11-2-4-12(15)5-3-11/h2-5H,6-10H2,1H3. The Morgan fingerprint density at radius 2 is 1.75 bits per heavy atom. The highest BCUT2D eigenvalue weighted by Crippen LogP contribution is 2.41. The maximum Gasteiger partial charge on any atom is 0.417 e. The van der Waals surface area contributed by atoms with Gasteiger partial charge in [0.1, 0.15) is 0 Å². The summed E-state index contributed by atoms with van der Waals surface area (Å²) < 4.78 is 44.9. The van der Waals surface area contributed by atoms with Crippen LogP contribution in [-0.2, 0) is 11.3 Å². The van der Waals surface area contributed by atoms with Gasteiger partial charge < -0.3 is 4.74 Å². The molecule has 0 unspecified atom stereocenters. The van der Waals surface area contributed by atoms with Crippen LogP contribution in [0.5, 0.6) is 0 Å². The predicted octanol–water partition coefficient (Wildman–Crippen LogP) is 3.99. The van der Waals surface area contributed by atoms with Crippen LogP contribution in [0.15, 0.2) is 28.7 Å². The molecule has 0 amide bonds. The molecule has 2 nitrogen and oxygen atoms in total. The third-order valence-electron chi connectivity index (χ3n) is 3.89. The molecule has 1 aromatic rings. The molecule has 1 saturated heterocycles. The van der Waals surface area contributed by atoms with Crippen LogP contribution >= 0.6 is 15.9 Å². The number of hydrogen-bond donors (Lipinski definition) is 0. The maximum atomic E-state index is 13.0. The van der Waals surface area contributed by atoms with Gasteiger partial charge in [-0.25, -0.2) is 0 Å². The highest BCUT2D eigenvalue weighted by atomic mass is 79.9. The Balaban J connectivity index is 1.95. The summed E-state index contributed by atoms with van der Waals surface area (Å²) in [6.45, 7) is 1.46. The first kappa shape index (κ1) is 15.8. The number of alkyl halides is 3. The van der Waals surface area contributed by atoms with E-state index in [0.29, 0.717) is 19.6 Å². The molecule has 1 aliphatic heterocycles. The summed E-state index contributed by atoms with van der Waals surface area (Å²) in [6, 6.07) is 7.83. The van der Waals surface area contributed by atoms with Crippen molar-refractivity contribution < 1.29 is 17.9 Å². The topological polar surface area (TPSA) is 12.5 Å². The highest BCUT2D eigenvalue weighted by Gasteiger charge is 2.56. The van der Waals surface area contributed by atoms with E-state index in [9.17, 15) is 13.2 Å². The lowest BCUT2D eigenvalue weighted by molar-refractivity contribution is -0.282. The summed E-state index contributed by atoms with van der Waals surface area (Å²) in [7, 11) is 1.15. The molecule has 0 aliphatic carbocycles. The van der Waals surface area contributed by atoms with Crippen LogP contribution < -0.4 is 0 Å². The Hall–Kier alpha value is -0.590. The number of ether oxygens (including phenoxy) is 1. The van der Waals surface area contributed by atoms with Crippen molar-refractivity contribution in [1.29, 1.82) is 0 Å². The fraction of sp³-hybridized carbons (Fsp3) is 0.571. The Kier molecular flexibility index (Phi) is 4.76. The highest BCUT2D eigenvalue weighted by molar-refractivity contribution is 9.10. The molecule has 0 aromatic heterocycles. The number of likely N-dealkylation sites (tertiary alicyclic amines) is 1. The summed E-state index contributed by atoms with van der Waals surface area (Å²) in [4.78, 5) is 2.03. The van der Waals surface area contributed by atoms with Crippen molar-refractivity contribution in [3.63, 3.8) is 0 Å². The van der Waals surface area contributed by atoms with Crippen LogP contribution in [0.4, 0.5) is 13.2 Å². The average Bonchev–Trinajstić information content (AvgIpc) is 2.41. The normalized spacial score (nSPS) is 20.1. The Bertz CT molecular complexity index is 439. The van der Waals surface area contributed by atoms with Crippen molar-refractivity contribution in [2.45, 2.75) is 31.2 Å². The van der Waals surface area contributed by atoms with Crippen LogP contribution in [0.3, 0.4) is 0 Å². The number of methoxy groups -OCH3 is 1. The number of piperidine rings is 1. The van der Waals surface area contributed by atoms with E-state index in [-0.39, 0.29) is 12.8 Å². The first-order valence-corrected chi connectivity index (χ1v) is 7.24. The van der Waals surface area contributed by atoms with Crippen molar-refractivity contribution in [3.05, 3.63) is 34.3 Å². The van der Waals surface area contributed by atoms with Crippen molar-refractivity contribution in [2.24, 2.45) is 0 Å². The third-order valence-corrected chi connectivity index (χ3v) is 4.42. The molecule has 1 heterocycles. The third kappa shape index (κ3) is 3.35. The monoisotopic (exact) mass is 351 g/mol.